The molecule has 1 aliphatic carbocycles. The summed E-state index contributed by atoms with van der Waals surface area (Å²) in [7, 11) is 0. The summed E-state index contributed by atoms with van der Waals surface area (Å²) >= 11 is 4.78. The minimum Gasteiger partial charge on any atom is -0.392 e. The van der Waals surface area contributed by atoms with Crippen LogP contribution >= 0.6 is 12.2 Å². The molecule has 4 heteroatoms. The Morgan fingerprint density at radius 2 is 2.00 bits per heavy atom. The average molecular weight is 242 g/mol. The van der Waals surface area contributed by atoms with Gasteiger partial charge in [-0.15, -0.1) is 0 Å². The molecular formula is C12H22N2OS. The average Bonchev–Trinajstić information content (AvgIpc) is 2.62. The molecule has 1 fully saturated rings. The number of amides is 1. The van der Waals surface area contributed by atoms with E-state index in [1.165, 1.54) is 0 Å². The molecule has 3 nitrogen and oxygen atoms in total. The number of carbonyl (C=O) groups is 1. The molecule has 0 aromatic carbocycles. The van der Waals surface area contributed by atoms with Gasteiger partial charge in [-0.2, -0.15) is 0 Å². The van der Waals surface area contributed by atoms with Crippen LogP contribution in [0.15, 0.2) is 0 Å². The third kappa shape index (κ3) is 3.44. The summed E-state index contributed by atoms with van der Waals surface area (Å²) in [5, 5.41) is 2.87. The quantitative estimate of drug-likeness (QED) is 0.725. The normalized spacial score (nSPS) is 18.7. The predicted octanol–water partition coefficient (Wildman–Crippen LogP) is 2.00. The largest absolute Gasteiger partial charge is 0.392 e. The van der Waals surface area contributed by atoms with Gasteiger partial charge in [0.1, 0.15) is 0 Å². The smallest absolute Gasteiger partial charge is 0.226 e. The van der Waals surface area contributed by atoms with E-state index in [4.69, 9.17) is 18.0 Å². The van der Waals surface area contributed by atoms with Crippen molar-refractivity contribution in [2.24, 2.45) is 17.1 Å². The van der Waals surface area contributed by atoms with Gasteiger partial charge in [0.15, 0.2) is 0 Å². The predicted molar refractivity (Wildman–Crippen MR) is 70.2 cm³/mol. The van der Waals surface area contributed by atoms with E-state index >= 15 is 0 Å². The Kier molecular flexibility index (Phi) is 4.71. The first kappa shape index (κ1) is 13.4. The third-order valence-electron chi connectivity index (χ3n) is 3.26. The highest BCUT2D eigenvalue weighted by Crippen LogP contribution is 2.43. The second kappa shape index (κ2) is 5.62. The molecule has 0 saturated heterocycles. The summed E-state index contributed by atoms with van der Waals surface area (Å²) < 4.78 is 0. The molecule has 0 aliphatic heterocycles. The fourth-order valence-corrected chi connectivity index (χ4v) is 2.78. The van der Waals surface area contributed by atoms with Gasteiger partial charge in [-0.25, -0.2) is 0 Å². The molecule has 92 valence electrons. The molecule has 0 atom stereocenters. The molecule has 16 heavy (non-hydrogen) atoms. The van der Waals surface area contributed by atoms with Gasteiger partial charge < -0.3 is 11.1 Å². The van der Waals surface area contributed by atoms with Crippen LogP contribution in [0.25, 0.3) is 0 Å². The summed E-state index contributed by atoms with van der Waals surface area (Å²) in [5.74, 6) is 0.695. The van der Waals surface area contributed by atoms with Gasteiger partial charge in [0.25, 0.3) is 0 Å². The van der Waals surface area contributed by atoms with E-state index in [-0.39, 0.29) is 11.3 Å². The second-order valence-corrected chi connectivity index (χ2v) is 5.76. The monoisotopic (exact) mass is 242 g/mol. The van der Waals surface area contributed by atoms with Crippen LogP contribution < -0.4 is 11.1 Å². The van der Waals surface area contributed by atoms with Crippen LogP contribution in [0.4, 0.5) is 0 Å². The van der Waals surface area contributed by atoms with Crippen molar-refractivity contribution in [1.29, 1.82) is 0 Å². The highest BCUT2D eigenvalue weighted by molar-refractivity contribution is 7.80. The lowest BCUT2D eigenvalue weighted by Gasteiger charge is -2.29. The molecule has 0 heterocycles. The maximum atomic E-state index is 12.2. The molecule has 0 radical (unpaired) electrons. The maximum absolute atomic E-state index is 12.2. The van der Waals surface area contributed by atoms with E-state index in [9.17, 15) is 4.79 Å². The van der Waals surface area contributed by atoms with E-state index in [0.29, 0.717) is 17.5 Å². The highest BCUT2D eigenvalue weighted by atomic mass is 32.1. The van der Waals surface area contributed by atoms with Gasteiger partial charge in [-0.3, -0.25) is 4.79 Å². The first-order valence-corrected chi connectivity index (χ1v) is 6.44. The summed E-state index contributed by atoms with van der Waals surface area (Å²) in [6, 6.07) is 0. The van der Waals surface area contributed by atoms with Crippen LogP contribution in [-0.2, 0) is 4.79 Å². The number of rotatable bonds is 5. The van der Waals surface area contributed by atoms with E-state index in [1.54, 1.807) is 0 Å². The Hall–Kier alpha value is -0.640. The highest BCUT2D eigenvalue weighted by Gasteiger charge is 2.41. The lowest BCUT2D eigenvalue weighted by molar-refractivity contribution is -0.131. The van der Waals surface area contributed by atoms with Gasteiger partial charge in [0.05, 0.1) is 11.5 Å². The Balaban J connectivity index is 2.61. The SMILES string of the molecule is CC(C)CC1(C(=O)NCC(N)=S)CCCC1. The van der Waals surface area contributed by atoms with Gasteiger partial charge >= 0.3 is 0 Å². The van der Waals surface area contributed by atoms with Crippen LogP contribution in [-0.4, -0.2) is 17.4 Å². The number of hydrogen-bond acceptors (Lipinski definition) is 2. The lowest BCUT2D eigenvalue weighted by Crippen LogP contribution is -2.43. The summed E-state index contributed by atoms with van der Waals surface area (Å²) in [6.45, 7) is 4.66. The molecule has 3 N–H and O–H groups in total. The van der Waals surface area contributed by atoms with Crippen molar-refractivity contribution in [3.05, 3.63) is 0 Å². The van der Waals surface area contributed by atoms with E-state index in [2.05, 4.69) is 19.2 Å². The fraction of sp³-hybridized carbons (Fsp3) is 0.833. The summed E-state index contributed by atoms with van der Waals surface area (Å²) in [5.41, 5.74) is 5.25. The molecule has 0 unspecified atom stereocenters. The zero-order chi connectivity index (χ0) is 12.2. The second-order valence-electron chi connectivity index (χ2n) is 5.23. The molecule has 0 aromatic heterocycles. The molecule has 0 spiro atoms. The minimum absolute atomic E-state index is 0.145. The molecule has 1 saturated carbocycles. The standard InChI is InChI=1S/C12H22N2OS/c1-9(2)7-12(5-3-4-6-12)11(15)14-8-10(13)16/h9H,3-8H2,1-2H3,(H2,13,16)(H,14,15). The molecule has 1 rings (SSSR count). The van der Waals surface area contributed by atoms with Crippen LogP contribution in [0, 0.1) is 11.3 Å². The van der Waals surface area contributed by atoms with Crippen molar-refractivity contribution in [3.63, 3.8) is 0 Å². The van der Waals surface area contributed by atoms with Crippen molar-refractivity contribution in [2.45, 2.75) is 46.0 Å². The van der Waals surface area contributed by atoms with Crippen molar-refractivity contribution in [2.75, 3.05) is 6.54 Å². The van der Waals surface area contributed by atoms with Gasteiger partial charge in [0, 0.05) is 5.41 Å². The van der Waals surface area contributed by atoms with Crippen molar-refractivity contribution in [1.82, 2.24) is 5.32 Å². The number of nitrogens with one attached hydrogen (secondary N) is 1. The molecule has 0 aromatic rings. The van der Waals surface area contributed by atoms with Crippen LogP contribution in [0.5, 0.6) is 0 Å². The Labute approximate surface area is 103 Å². The van der Waals surface area contributed by atoms with Crippen LogP contribution in [0.1, 0.15) is 46.0 Å². The molecule has 1 amide bonds. The van der Waals surface area contributed by atoms with Crippen molar-refractivity contribution in [3.8, 4) is 0 Å². The maximum Gasteiger partial charge on any atom is 0.226 e. The Morgan fingerprint density at radius 3 is 2.44 bits per heavy atom. The Morgan fingerprint density at radius 1 is 1.44 bits per heavy atom. The van der Waals surface area contributed by atoms with Crippen molar-refractivity contribution < 1.29 is 4.79 Å². The lowest BCUT2D eigenvalue weighted by atomic mass is 9.77. The number of nitrogens with two attached hydrogens (primary N) is 1. The first-order chi connectivity index (χ1) is 7.46. The van der Waals surface area contributed by atoms with Gasteiger partial charge in [-0.05, 0) is 25.2 Å². The Bertz CT molecular complexity index is 270. The minimum atomic E-state index is -0.154. The first-order valence-electron chi connectivity index (χ1n) is 6.03. The van der Waals surface area contributed by atoms with Crippen LogP contribution in [0.3, 0.4) is 0 Å². The zero-order valence-corrected chi connectivity index (χ0v) is 11.0. The van der Waals surface area contributed by atoms with E-state index in [0.717, 1.165) is 32.1 Å². The van der Waals surface area contributed by atoms with Crippen molar-refractivity contribution >= 4 is 23.1 Å². The number of thiocarbonyl (C=S) groups is 1. The molecule has 0 bridgehead atoms. The summed E-state index contributed by atoms with van der Waals surface area (Å²) in [4.78, 5) is 12.5. The third-order valence-corrected chi connectivity index (χ3v) is 3.41. The molecule has 1 aliphatic rings. The van der Waals surface area contributed by atoms with Crippen LogP contribution in [0.2, 0.25) is 0 Å². The zero-order valence-electron chi connectivity index (χ0n) is 10.2. The number of carbonyl (C=O) groups excluding carboxylic acids is 1. The number of hydrogen-bond donors (Lipinski definition) is 2. The molecular weight excluding hydrogens is 220 g/mol. The van der Waals surface area contributed by atoms with E-state index < -0.39 is 0 Å². The van der Waals surface area contributed by atoms with E-state index in [1.807, 2.05) is 0 Å². The van der Waals surface area contributed by atoms with Gasteiger partial charge in [0.2, 0.25) is 5.91 Å². The topological polar surface area (TPSA) is 55.1 Å². The van der Waals surface area contributed by atoms with Gasteiger partial charge in [-0.1, -0.05) is 38.9 Å². The fourth-order valence-electron chi connectivity index (χ4n) is 2.71. The summed E-state index contributed by atoms with van der Waals surface area (Å²) in [6.07, 6.45) is 5.30.